The zero-order valence-corrected chi connectivity index (χ0v) is 20.9. The van der Waals surface area contributed by atoms with E-state index in [1.807, 2.05) is 6.07 Å². The minimum atomic E-state index is -2.91. The predicted octanol–water partition coefficient (Wildman–Crippen LogP) is 4.83. The van der Waals surface area contributed by atoms with Crippen molar-refractivity contribution in [1.82, 2.24) is 45.3 Å². The second-order valence-electron chi connectivity index (χ2n) is 8.88. The van der Waals surface area contributed by atoms with Crippen molar-refractivity contribution in [2.24, 2.45) is 5.92 Å². The first kappa shape index (κ1) is 24.5. The van der Waals surface area contributed by atoms with E-state index in [0.29, 0.717) is 33.1 Å². The van der Waals surface area contributed by atoms with Gasteiger partial charge in [-0.3, -0.25) is 9.67 Å². The Labute approximate surface area is 223 Å². The van der Waals surface area contributed by atoms with Gasteiger partial charge in [0.2, 0.25) is 0 Å². The van der Waals surface area contributed by atoms with Crippen LogP contribution in [0.25, 0.3) is 28.1 Å². The number of nitrogens with one attached hydrogen (secondary N) is 1. The molecular formula is C23H18Cl2F3N10+. The summed E-state index contributed by atoms with van der Waals surface area (Å²) in [6, 6.07) is 6.44. The molecule has 0 spiro atoms. The summed E-state index contributed by atoms with van der Waals surface area (Å²) in [5.41, 5.74) is 2.48. The number of aromatic nitrogens is 10. The van der Waals surface area contributed by atoms with Gasteiger partial charge < -0.3 is 0 Å². The molecule has 1 saturated carbocycles. The smallest absolute Gasteiger partial charge is 0.263 e. The molecule has 1 aliphatic carbocycles. The monoisotopic (exact) mass is 561 g/mol. The Hall–Kier alpha value is -3.84. The molecule has 10 nitrogen and oxygen atoms in total. The SMILES string of the molecule is Fc1c(Cl)ccc(-[n+]2cnn[nH]2)c1-c1ccc([C@H](CC2CC2)n2cc(-c3nnn(C(F)F)c3Cl)cn2)nc1. The standard InChI is InChI=1S/C23H17Cl2F3N10/c24-15-4-6-17(37-11-30-33-35-37)19(20(15)26)13-3-5-16(29-8-13)18(7-12-1-2-12)36-10-14(9-31-36)21-22(25)38(23(27)28)34-32-21/h3-6,8-12,18,23H,1-2,7H2/p+1/t18-/m0/s1. The molecule has 0 radical (unpaired) electrons. The maximum Gasteiger partial charge on any atom is 0.335 e. The van der Waals surface area contributed by atoms with Crippen molar-refractivity contribution in [3.8, 4) is 28.1 Å². The number of aromatic amines is 1. The number of hydrogen-bond donors (Lipinski definition) is 1. The van der Waals surface area contributed by atoms with Crippen LogP contribution in [-0.2, 0) is 0 Å². The van der Waals surface area contributed by atoms with Crippen LogP contribution in [0, 0.1) is 11.7 Å². The number of hydrogen-bond acceptors (Lipinski definition) is 6. The summed E-state index contributed by atoms with van der Waals surface area (Å²) in [6.07, 6.45) is 9.16. The van der Waals surface area contributed by atoms with Crippen molar-refractivity contribution in [3.05, 3.63) is 70.9 Å². The Morgan fingerprint density at radius 2 is 1.95 bits per heavy atom. The van der Waals surface area contributed by atoms with Gasteiger partial charge >= 0.3 is 6.55 Å². The highest BCUT2D eigenvalue weighted by molar-refractivity contribution is 6.32. The van der Waals surface area contributed by atoms with E-state index in [1.54, 1.807) is 29.2 Å². The molecule has 4 heterocycles. The van der Waals surface area contributed by atoms with Crippen LogP contribution >= 0.6 is 23.2 Å². The molecule has 4 aromatic heterocycles. The Morgan fingerprint density at radius 1 is 1.11 bits per heavy atom. The van der Waals surface area contributed by atoms with Crippen LogP contribution in [-0.4, -0.2) is 45.3 Å². The van der Waals surface area contributed by atoms with Crippen molar-refractivity contribution in [2.75, 3.05) is 0 Å². The molecule has 1 N–H and O–H groups in total. The number of rotatable bonds is 8. The summed E-state index contributed by atoms with van der Waals surface area (Å²) in [4.78, 5) is 4.65. The normalized spacial score (nSPS) is 14.4. The molecule has 5 aromatic rings. The summed E-state index contributed by atoms with van der Waals surface area (Å²) in [7, 11) is 0. The fourth-order valence-electron chi connectivity index (χ4n) is 4.31. The third-order valence-corrected chi connectivity index (χ3v) is 7.04. The van der Waals surface area contributed by atoms with Gasteiger partial charge in [0.05, 0.1) is 28.5 Å². The molecule has 1 fully saturated rings. The lowest BCUT2D eigenvalue weighted by Crippen LogP contribution is -2.33. The number of tetrazole rings is 1. The quantitative estimate of drug-likeness (QED) is 0.272. The maximum atomic E-state index is 15.2. The van der Waals surface area contributed by atoms with Gasteiger partial charge in [0.25, 0.3) is 6.33 Å². The van der Waals surface area contributed by atoms with E-state index in [4.69, 9.17) is 23.2 Å². The lowest BCUT2D eigenvalue weighted by Gasteiger charge is -2.18. The van der Waals surface area contributed by atoms with Crippen LogP contribution < -0.4 is 4.68 Å². The zero-order chi connectivity index (χ0) is 26.4. The summed E-state index contributed by atoms with van der Waals surface area (Å²) < 4.78 is 44.9. The molecule has 6 rings (SSSR count). The fourth-order valence-corrected chi connectivity index (χ4v) is 4.72. The molecular weight excluding hydrogens is 544 g/mol. The molecule has 1 aliphatic rings. The van der Waals surface area contributed by atoms with Crippen LogP contribution in [0.15, 0.2) is 49.2 Å². The molecule has 0 aliphatic heterocycles. The third kappa shape index (κ3) is 4.52. The largest absolute Gasteiger partial charge is 0.335 e. The predicted molar refractivity (Wildman–Crippen MR) is 129 cm³/mol. The van der Waals surface area contributed by atoms with Crippen molar-refractivity contribution in [1.29, 1.82) is 0 Å². The van der Waals surface area contributed by atoms with Crippen LogP contribution in [0.5, 0.6) is 0 Å². The first-order valence-corrected chi connectivity index (χ1v) is 12.3. The lowest BCUT2D eigenvalue weighted by atomic mass is 10.0. The highest BCUT2D eigenvalue weighted by atomic mass is 35.5. The van der Waals surface area contributed by atoms with Crippen LogP contribution in [0.2, 0.25) is 10.2 Å². The minimum Gasteiger partial charge on any atom is -0.263 e. The topological polar surface area (TPSA) is 107 Å². The highest BCUT2D eigenvalue weighted by Crippen LogP contribution is 2.40. The van der Waals surface area contributed by atoms with E-state index < -0.39 is 12.4 Å². The lowest BCUT2D eigenvalue weighted by molar-refractivity contribution is -0.659. The van der Waals surface area contributed by atoms with E-state index in [1.165, 1.54) is 23.3 Å². The van der Waals surface area contributed by atoms with Gasteiger partial charge in [0, 0.05) is 23.5 Å². The summed E-state index contributed by atoms with van der Waals surface area (Å²) in [5.74, 6) is -0.0838. The Bertz CT molecular complexity index is 1580. The minimum absolute atomic E-state index is 0.0287. The maximum absolute atomic E-state index is 15.2. The van der Waals surface area contributed by atoms with Gasteiger partial charge in [-0.25, -0.2) is 4.39 Å². The highest BCUT2D eigenvalue weighted by Gasteiger charge is 2.30. The van der Waals surface area contributed by atoms with E-state index in [-0.39, 0.29) is 27.5 Å². The molecule has 0 saturated heterocycles. The number of benzene rings is 1. The van der Waals surface area contributed by atoms with Crippen molar-refractivity contribution in [3.63, 3.8) is 0 Å². The van der Waals surface area contributed by atoms with Gasteiger partial charge in [0.1, 0.15) is 16.5 Å². The van der Waals surface area contributed by atoms with Gasteiger partial charge in [0.15, 0.2) is 16.2 Å². The van der Waals surface area contributed by atoms with E-state index >= 15 is 4.39 Å². The Balaban J connectivity index is 1.35. The van der Waals surface area contributed by atoms with Crippen molar-refractivity contribution in [2.45, 2.75) is 31.9 Å². The van der Waals surface area contributed by atoms with Crippen LogP contribution in [0.1, 0.15) is 37.5 Å². The summed E-state index contributed by atoms with van der Waals surface area (Å²) in [6.45, 7) is -2.91. The van der Waals surface area contributed by atoms with E-state index in [9.17, 15) is 8.78 Å². The number of H-pyrrole nitrogens is 1. The average Bonchev–Trinajstić information content (AvgIpc) is 3.28. The van der Waals surface area contributed by atoms with Gasteiger partial charge in [-0.15, -0.1) is 9.78 Å². The first-order valence-electron chi connectivity index (χ1n) is 11.6. The number of halogens is 5. The summed E-state index contributed by atoms with van der Waals surface area (Å²) >= 11 is 12.1. The Kier molecular flexibility index (Phi) is 6.32. The Morgan fingerprint density at radius 3 is 2.61 bits per heavy atom. The zero-order valence-electron chi connectivity index (χ0n) is 19.4. The molecule has 38 heavy (non-hydrogen) atoms. The number of nitrogens with zero attached hydrogens (tertiary/aromatic N) is 9. The van der Waals surface area contributed by atoms with Gasteiger partial charge in [-0.05, 0) is 30.5 Å². The third-order valence-electron chi connectivity index (χ3n) is 6.40. The molecule has 0 bridgehead atoms. The molecule has 194 valence electrons. The van der Waals surface area contributed by atoms with Crippen LogP contribution in [0.3, 0.4) is 0 Å². The fraction of sp³-hybridized carbons (Fsp3) is 0.261. The van der Waals surface area contributed by atoms with E-state index in [0.717, 1.165) is 19.3 Å². The van der Waals surface area contributed by atoms with Crippen molar-refractivity contribution < 1.29 is 17.9 Å². The molecule has 0 unspecified atom stereocenters. The summed E-state index contributed by atoms with van der Waals surface area (Å²) in [5, 5.41) is 21.5. The second-order valence-corrected chi connectivity index (χ2v) is 9.65. The molecule has 1 atom stereocenters. The molecule has 1 aromatic carbocycles. The number of alkyl halides is 2. The van der Waals surface area contributed by atoms with Gasteiger partial charge in [-0.1, -0.05) is 52.5 Å². The first-order chi connectivity index (χ1) is 18.4. The van der Waals surface area contributed by atoms with E-state index in [2.05, 4.69) is 35.9 Å². The number of pyridine rings is 1. The van der Waals surface area contributed by atoms with Crippen molar-refractivity contribution >= 4 is 23.2 Å². The van der Waals surface area contributed by atoms with Crippen LogP contribution in [0.4, 0.5) is 13.2 Å². The molecule has 0 amide bonds. The molecule has 15 heteroatoms. The average molecular weight is 562 g/mol. The van der Waals surface area contributed by atoms with Gasteiger partial charge in [-0.2, -0.15) is 18.6 Å². The second kappa shape index (κ2) is 9.80.